The van der Waals surface area contributed by atoms with Crippen LogP contribution in [0, 0.1) is 11.3 Å². The summed E-state index contributed by atoms with van der Waals surface area (Å²) in [6.45, 7) is 0. The van der Waals surface area contributed by atoms with Crippen LogP contribution < -0.4 is 4.74 Å². The Morgan fingerprint density at radius 3 is 2.86 bits per heavy atom. The second-order valence-corrected chi connectivity index (χ2v) is 2.65. The minimum absolute atomic E-state index is 0.0583. The molecular weight excluding hydrogens is 177 g/mol. The maximum atomic E-state index is 11.2. The fourth-order valence-corrected chi connectivity index (χ4v) is 1.09. The number of methoxy groups -OCH3 is 1. The van der Waals surface area contributed by atoms with Gasteiger partial charge in [0.2, 0.25) is 0 Å². The van der Waals surface area contributed by atoms with Gasteiger partial charge in [-0.2, -0.15) is 5.26 Å². The summed E-state index contributed by atoms with van der Waals surface area (Å²) >= 11 is 0. The summed E-state index contributed by atoms with van der Waals surface area (Å²) in [5.41, 5.74) is 0.775. The first-order valence-electron chi connectivity index (χ1n) is 4.04. The van der Waals surface area contributed by atoms with E-state index in [1.807, 2.05) is 6.07 Å². The van der Waals surface area contributed by atoms with E-state index in [1.54, 1.807) is 12.1 Å². The zero-order valence-electron chi connectivity index (χ0n) is 7.78. The van der Waals surface area contributed by atoms with Gasteiger partial charge < -0.3 is 4.74 Å². The van der Waals surface area contributed by atoms with Crippen molar-refractivity contribution in [3.8, 4) is 11.8 Å². The zero-order valence-corrected chi connectivity index (χ0v) is 7.78. The van der Waals surface area contributed by atoms with Gasteiger partial charge >= 0.3 is 0 Å². The third-order valence-corrected chi connectivity index (χ3v) is 1.83. The van der Waals surface area contributed by atoms with Crippen LogP contribution in [0.15, 0.2) is 18.2 Å². The molecule has 0 aliphatic heterocycles. The van der Waals surface area contributed by atoms with E-state index in [2.05, 4.69) is 0 Å². The first kappa shape index (κ1) is 10.3. The quantitative estimate of drug-likeness (QED) is 0.527. The standard InChI is InChI=1S/C10H8BNO2/c1-14-10-3-2-7(9(13)5-11)4-8(10)6-12/h2-4H,5H2,1H3. The van der Waals surface area contributed by atoms with Gasteiger partial charge in [0.15, 0.2) is 5.78 Å². The van der Waals surface area contributed by atoms with Crippen molar-refractivity contribution in [2.24, 2.45) is 0 Å². The van der Waals surface area contributed by atoms with E-state index < -0.39 is 0 Å². The lowest BCUT2D eigenvalue weighted by atomic mass is 9.95. The highest BCUT2D eigenvalue weighted by Crippen LogP contribution is 2.19. The highest BCUT2D eigenvalue weighted by atomic mass is 16.5. The van der Waals surface area contributed by atoms with Gasteiger partial charge in [0.1, 0.15) is 11.8 Å². The van der Waals surface area contributed by atoms with Gasteiger partial charge in [-0.25, -0.2) is 0 Å². The van der Waals surface area contributed by atoms with Crippen molar-refractivity contribution in [2.75, 3.05) is 7.11 Å². The van der Waals surface area contributed by atoms with E-state index in [0.717, 1.165) is 0 Å². The summed E-state index contributed by atoms with van der Waals surface area (Å²) in [5, 5.41) is 8.76. The minimum atomic E-state index is -0.191. The monoisotopic (exact) mass is 185 g/mol. The van der Waals surface area contributed by atoms with Gasteiger partial charge in [-0.1, -0.05) is 0 Å². The SMILES string of the molecule is [B]CC(=O)c1ccc(OC)c(C#N)c1. The minimum Gasteiger partial charge on any atom is -0.495 e. The molecule has 0 N–H and O–H groups in total. The molecule has 4 heteroatoms. The molecule has 0 spiro atoms. The van der Waals surface area contributed by atoms with Crippen molar-refractivity contribution >= 4 is 13.6 Å². The predicted molar refractivity (Wildman–Crippen MR) is 52.6 cm³/mol. The summed E-state index contributed by atoms with van der Waals surface area (Å²) < 4.78 is 4.94. The molecule has 0 unspecified atom stereocenters. The first-order valence-corrected chi connectivity index (χ1v) is 4.04. The molecule has 3 nitrogen and oxygen atoms in total. The lowest BCUT2D eigenvalue weighted by Crippen LogP contribution is -1.99. The third kappa shape index (κ3) is 1.94. The number of carbonyl (C=O) groups excluding carboxylic acids is 1. The van der Waals surface area contributed by atoms with Crippen LogP contribution in [0.5, 0.6) is 5.75 Å². The van der Waals surface area contributed by atoms with Crippen molar-refractivity contribution in [2.45, 2.75) is 6.32 Å². The molecule has 0 saturated carbocycles. The molecule has 14 heavy (non-hydrogen) atoms. The molecule has 1 rings (SSSR count). The van der Waals surface area contributed by atoms with Gasteiger partial charge in [-0.3, -0.25) is 4.79 Å². The maximum absolute atomic E-state index is 11.2. The fourth-order valence-electron chi connectivity index (χ4n) is 1.09. The molecule has 0 fully saturated rings. The average molecular weight is 185 g/mol. The van der Waals surface area contributed by atoms with Crippen LogP contribution in [-0.4, -0.2) is 20.7 Å². The Balaban J connectivity index is 3.15. The number of hydrogen-bond donors (Lipinski definition) is 0. The lowest BCUT2D eigenvalue weighted by Gasteiger charge is -2.03. The second-order valence-electron chi connectivity index (χ2n) is 2.65. The Morgan fingerprint density at radius 2 is 2.36 bits per heavy atom. The molecule has 2 radical (unpaired) electrons. The maximum Gasteiger partial charge on any atom is 0.154 e. The van der Waals surface area contributed by atoms with Crippen LogP contribution in [0.25, 0.3) is 0 Å². The summed E-state index contributed by atoms with van der Waals surface area (Å²) in [6.07, 6.45) is -0.0583. The van der Waals surface area contributed by atoms with Gasteiger partial charge in [-0.05, 0) is 24.5 Å². The topological polar surface area (TPSA) is 50.1 Å². The van der Waals surface area contributed by atoms with E-state index in [9.17, 15) is 4.79 Å². The van der Waals surface area contributed by atoms with Crippen molar-refractivity contribution in [3.63, 3.8) is 0 Å². The number of hydrogen-bond acceptors (Lipinski definition) is 3. The summed E-state index contributed by atoms with van der Waals surface area (Å²) in [7, 11) is 6.68. The number of Topliss-reactive ketones (excluding diaryl/α,β-unsaturated/α-hetero) is 1. The van der Waals surface area contributed by atoms with Crippen LogP contribution >= 0.6 is 0 Å². The fraction of sp³-hybridized carbons (Fsp3) is 0.200. The molecule has 0 aromatic heterocycles. The molecule has 1 aromatic rings. The highest BCUT2D eigenvalue weighted by Gasteiger charge is 2.07. The lowest BCUT2D eigenvalue weighted by molar-refractivity contribution is 0.101. The molecule has 0 atom stereocenters. The first-order chi connectivity index (χ1) is 6.72. The summed E-state index contributed by atoms with van der Waals surface area (Å²) in [5.74, 6) is 0.269. The molecule has 0 amide bonds. The van der Waals surface area contributed by atoms with Crippen LogP contribution in [0.3, 0.4) is 0 Å². The number of rotatable bonds is 3. The van der Waals surface area contributed by atoms with E-state index in [-0.39, 0.29) is 12.1 Å². The Hall–Kier alpha value is -1.76. The van der Waals surface area contributed by atoms with Gasteiger partial charge in [0.05, 0.1) is 20.5 Å². The molecule has 0 bridgehead atoms. The van der Waals surface area contributed by atoms with Gasteiger partial charge in [0, 0.05) is 5.56 Å². The largest absolute Gasteiger partial charge is 0.495 e. The van der Waals surface area contributed by atoms with E-state index in [0.29, 0.717) is 16.9 Å². The molecule has 0 heterocycles. The third-order valence-electron chi connectivity index (χ3n) is 1.83. The van der Waals surface area contributed by atoms with Crippen LogP contribution in [-0.2, 0) is 0 Å². The van der Waals surface area contributed by atoms with E-state index >= 15 is 0 Å². The Bertz CT molecular complexity index is 396. The van der Waals surface area contributed by atoms with E-state index in [4.69, 9.17) is 17.8 Å². The van der Waals surface area contributed by atoms with E-state index in [1.165, 1.54) is 13.2 Å². The van der Waals surface area contributed by atoms with Crippen LogP contribution in [0.1, 0.15) is 15.9 Å². The number of nitrogens with zero attached hydrogens (tertiary/aromatic N) is 1. The Morgan fingerprint density at radius 1 is 1.64 bits per heavy atom. The molecule has 68 valence electrons. The molecule has 0 aliphatic carbocycles. The number of benzene rings is 1. The number of carbonyl (C=O) groups is 1. The summed E-state index contributed by atoms with van der Waals surface area (Å²) in [6, 6.07) is 6.60. The van der Waals surface area contributed by atoms with Crippen LogP contribution in [0.2, 0.25) is 6.32 Å². The van der Waals surface area contributed by atoms with Gasteiger partial charge in [0.25, 0.3) is 0 Å². The normalized spacial score (nSPS) is 9.14. The van der Waals surface area contributed by atoms with Gasteiger partial charge in [-0.15, -0.1) is 0 Å². The smallest absolute Gasteiger partial charge is 0.154 e. The summed E-state index contributed by atoms with van der Waals surface area (Å²) in [4.78, 5) is 11.2. The van der Waals surface area contributed by atoms with Crippen LogP contribution in [0.4, 0.5) is 0 Å². The Labute approximate surface area is 83.7 Å². The average Bonchev–Trinajstić information content (AvgIpc) is 2.26. The predicted octanol–water partition coefficient (Wildman–Crippen LogP) is 1.34. The van der Waals surface area contributed by atoms with Crippen molar-refractivity contribution in [1.82, 2.24) is 0 Å². The number of ketones is 1. The second kappa shape index (κ2) is 4.47. The molecule has 0 saturated heterocycles. The Kier molecular flexibility index (Phi) is 3.30. The van der Waals surface area contributed by atoms with Crippen molar-refractivity contribution in [1.29, 1.82) is 5.26 Å². The molecule has 1 aromatic carbocycles. The number of nitriles is 1. The molecule has 0 aliphatic rings. The van der Waals surface area contributed by atoms with Crippen molar-refractivity contribution in [3.05, 3.63) is 29.3 Å². The highest BCUT2D eigenvalue weighted by molar-refractivity contribution is 6.24. The molecular formula is C10H8BNO2. The zero-order chi connectivity index (χ0) is 10.6. The van der Waals surface area contributed by atoms with Crippen molar-refractivity contribution < 1.29 is 9.53 Å². The number of ether oxygens (including phenoxy) is 1.